The number of hydrogen-bond donors (Lipinski definition) is 1. The van der Waals surface area contributed by atoms with Crippen molar-refractivity contribution in [3.8, 4) is 11.4 Å². The van der Waals surface area contributed by atoms with Crippen LogP contribution in [0.3, 0.4) is 0 Å². The van der Waals surface area contributed by atoms with Gasteiger partial charge in [0.25, 0.3) is 0 Å². The highest BCUT2D eigenvalue weighted by atomic mass is 79.9. The molecule has 0 bridgehead atoms. The lowest BCUT2D eigenvalue weighted by Gasteiger charge is -2.14. The molecular weight excluding hydrogens is 330 g/mol. The second-order valence-corrected chi connectivity index (χ2v) is 5.62. The molecule has 0 fully saturated rings. The summed E-state index contributed by atoms with van der Waals surface area (Å²) in [4.78, 5) is 0. The van der Waals surface area contributed by atoms with Gasteiger partial charge in [-0.15, -0.1) is 5.10 Å². The lowest BCUT2D eigenvalue weighted by atomic mass is 10.1. The van der Waals surface area contributed by atoms with E-state index >= 15 is 0 Å². The maximum absolute atomic E-state index is 5.94. The average Bonchev–Trinajstić information content (AvgIpc) is 2.99. The van der Waals surface area contributed by atoms with Crippen molar-refractivity contribution in [2.24, 2.45) is 0 Å². The maximum atomic E-state index is 5.94. The van der Waals surface area contributed by atoms with Gasteiger partial charge in [0.1, 0.15) is 0 Å². The number of nitrogens with two attached hydrogens (primary N) is 1. The van der Waals surface area contributed by atoms with Crippen LogP contribution < -0.4 is 5.73 Å². The molecule has 0 aliphatic heterocycles. The Morgan fingerprint density at radius 3 is 2.62 bits per heavy atom. The fourth-order valence-corrected chi connectivity index (χ4v) is 2.45. The first-order valence-electron chi connectivity index (χ1n) is 6.55. The molecule has 21 heavy (non-hydrogen) atoms. The van der Waals surface area contributed by atoms with E-state index in [-0.39, 0.29) is 6.04 Å². The number of aromatic nitrogens is 4. The standard InChI is InChI=1S/C15H14BrN5/c1-10(11-5-3-2-4-6-11)21-15(18-19-20-21)12-7-8-13(16)14(17)9-12/h2-10H,17H2,1H3. The number of benzene rings is 2. The first kappa shape index (κ1) is 13.8. The third-order valence-corrected chi connectivity index (χ3v) is 4.12. The van der Waals surface area contributed by atoms with Crippen molar-refractivity contribution in [1.82, 2.24) is 20.2 Å². The molecule has 6 heteroatoms. The van der Waals surface area contributed by atoms with Crippen LogP contribution in [0.15, 0.2) is 53.0 Å². The molecule has 1 atom stereocenters. The summed E-state index contributed by atoms with van der Waals surface area (Å²) in [5.74, 6) is 0.700. The van der Waals surface area contributed by atoms with Crippen LogP contribution in [0.4, 0.5) is 5.69 Å². The van der Waals surface area contributed by atoms with Crippen LogP contribution in [0.5, 0.6) is 0 Å². The van der Waals surface area contributed by atoms with Gasteiger partial charge in [-0.1, -0.05) is 30.3 Å². The first-order valence-corrected chi connectivity index (χ1v) is 7.34. The van der Waals surface area contributed by atoms with Crippen molar-refractivity contribution in [2.45, 2.75) is 13.0 Å². The van der Waals surface area contributed by atoms with Crippen LogP contribution in [-0.2, 0) is 0 Å². The second-order valence-electron chi connectivity index (χ2n) is 4.77. The van der Waals surface area contributed by atoms with Gasteiger partial charge in [-0.2, -0.15) is 0 Å². The Morgan fingerprint density at radius 2 is 1.90 bits per heavy atom. The number of halogens is 1. The van der Waals surface area contributed by atoms with Gasteiger partial charge in [0.2, 0.25) is 0 Å². The number of nitrogens with zero attached hydrogens (tertiary/aromatic N) is 4. The van der Waals surface area contributed by atoms with Crippen molar-refractivity contribution >= 4 is 21.6 Å². The summed E-state index contributed by atoms with van der Waals surface area (Å²) in [5.41, 5.74) is 8.64. The molecular formula is C15H14BrN5. The summed E-state index contributed by atoms with van der Waals surface area (Å²) >= 11 is 3.39. The van der Waals surface area contributed by atoms with Crippen LogP contribution in [0.25, 0.3) is 11.4 Å². The maximum Gasteiger partial charge on any atom is 0.182 e. The number of anilines is 1. The minimum Gasteiger partial charge on any atom is -0.398 e. The molecule has 1 unspecified atom stereocenters. The van der Waals surface area contributed by atoms with Gasteiger partial charge in [0.05, 0.1) is 6.04 Å². The smallest absolute Gasteiger partial charge is 0.182 e. The van der Waals surface area contributed by atoms with Gasteiger partial charge in [-0.3, -0.25) is 0 Å². The van der Waals surface area contributed by atoms with Gasteiger partial charge >= 0.3 is 0 Å². The Morgan fingerprint density at radius 1 is 1.14 bits per heavy atom. The van der Waals surface area contributed by atoms with Crippen LogP contribution in [-0.4, -0.2) is 20.2 Å². The Balaban J connectivity index is 2.03. The number of nitrogen functional groups attached to an aromatic ring is 1. The zero-order valence-corrected chi connectivity index (χ0v) is 13.0. The highest BCUT2D eigenvalue weighted by Crippen LogP contribution is 2.28. The topological polar surface area (TPSA) is 69.6 Å². The summed E-state index contributed by atoms with van der Waals surface area (Å²) in [6, 6.07) is 15.9. The van der Waals surface area contributed by atoms with E-state index < -0.39 is 0 Å². The van der Waals surface area contributed by atoms with E-state index in [1.54, 1.807) is 4.68 Å². The van der Waals surface area contributed by atoms with Gasteiger partial charge in [-0.25, -0.2) is 4.68 Å². The van der Waals surface area contributed by atoms with Gasteiger partial charge in [0, 0.05) is 15.7 Å². The molecule has 3 aromatic rings. The van der Waals surface area contributed by atoms with Gasteiger partial charge in [-0.05, 0) is 57.0 Å². The molecule has 0 spiro atoms. The molecule has 3 rings (SSSR count). The quantitative estimate of drug-likeness (QED) is 0.740. The van der Waals surface area contributed by atoms with Crippen molar-refractivity contribution in [2.75, 3.05) is 5.73 Å². The zero-order valence-electron chi connectivity index (χ0n) is 11.4. The molecule has 106 valence electrons. The largest absolute Gasteiger partial charge is 0.398 e. The summed E-state index contributed by atoms with van der Waals surface area (Å²) < 4.78 is 2.67. The summed E-state index contributed by atoms with van der Waals surface area (Å²) in [6.07, 6.45) is 0. The molecule has 0 saturated carbocycles. The minimum atomic E-state index is 0.0427. The fourth-order valence-electron chi connectivity index (χ4n) is 2.20. The van der Waals surface area contributed by atoms with E-state index in [1.807, 2.05) is 36.4 Å². The van der Waals surface area contributed by atoms with Crippen molar-refractivity contribution in [3.05, 3.63) is 58.6 Å². The summed E-state index contributed by atoms with van der Waals surface area (Å²) in [6.45, 7) is 2.07. The van der Waals surface area contributed by atoms with Gasteiger partial charge in [0.15, 0.2) is 5.82 Å². The fraction of sp³-hybridized carbons (Fsp3) is 0.133. The lowest BCUT2D eigenvalue weighted by molar-refractivity contribution is 0.548. The summed E-state index contributed by atoms with van der Waals surface area (Å²) in [5, 5.41) is 12.1. The summed E-state index contributed by atoms with van der Waals surface area (Å²) in [7, 11) is 0. The third-order valence-electron chi connectivity index (χ3n) is 3.40. The van der Waals surface area contributed by atoms with Crippen molar-refractivity contribution in [3.63, 3.8) is 0 Å². The highest BCUT2D eigenvalue weighted by molar-refractivity contribution is 9.10. The molecule has 0 aliphatic rings. The predicted octanol–water partition coefficient (Wildman–Crippen LogP) is 3.29. The number of tetrazole rings is 1. The third kappa shape index (κ3) is 2.67. The number of rotatable bonds is 3. The van der Waals surface area contributed by atoms with Crippen molar-refractivity contribution in [1.29, 1.82) is 0 Å². The zero-order chi connectivity index (χ0) is 14.8. The molecule has 2 aromatic carbocycles. The molecule has 0 amide bonds. The molecule has 2 N–H and O–H groups in total. The Kier molecular flexibility index (Phi) is 3.70. The Hall–Kier alpha value is -2.21. The van der Waals surface area contributed by atoms with E-state index in [9.17, 15) is 0 Å². The van der Waals surface area contributed by atoms with Gasteiger partial charge < -0.3 is 5.73 Å². The van der Waals surface area contributed by atoms with E-state index in [0.29, 0.717) is 11.5 Å². The molecule has 1 aromatic heterocycles. The van der Waals surface area contributed by atoms with Crippen LogP contribution in [0.1, 0.15) is 18.5 Å². The number of hydrogen-bond acceptors (Lipinski definition) is 4. The lowest BCUT2D eigenvalue weighted by Crippen LogP contribution is -2.10. The van der Waals surface area contributed by atoms with E-state index in [0.717, 1.165) is 15.6 Å². The van der Waals surface area contributed by atoms with E-state index in [4.69, 9.17) is 5.73 Å². The van der Waals surface area contributed by atoms with E-state index in [2.05, 4.69) is 50.5 Å². The second kappa shape index (κ2) is 5.65. The Labute approximate surface area is 130 Å². The molecule has 0 saturated heterocycles. The molecule has 0 aliphatic carbocycles. The van der Waals surface area contributed by atoms with E-state index in [1.165, 1.54) is 0 Å². The van der Waals surface area contributed by atoms with Crippen LogP contribution in [0, 0.1) is 0 Å². The minimum absolute atomic E-state index is 0.0427. The first-order chi connectivity index (χ1) is 10.2. The monoisotopic (exact) mass is 343 g/mol. The highest BCUT2D eigenvalue weighted by Gasteiger charge is 2.16. The molecule has 0 radical (unpaired) electrons. The molecule has 1 heterocycles. The predicted molar refractivity (Wildman–Crippen MR) is 85.6 cm³/mol. The normalized spacial score (nSPS) is 12.3. The molecule has 5 nitrogen and oxygen atoms in total. The van der Waals surface area contributed by atoms with Crippen molar-refractivity contribution < 1.29 is 0 Å². The SMILES string of the molecule is CC(c1ccccc1)n1nnnc1-c1ccc(Br)c(N)c1. The van der Waals surface area contributed by atoms with Crippen LogP contribution >= 0.6 is 15.9 Å². The average molecular weight is 344 g/mol. The Bertz CT molecular complexity index is 754. The van der Waals surface area contributed by atoms with Crippen LogP contribution in [0.2, 0.25) is 0 Å².